The van der Waals surface area contributed by atoms with Crippen molar-refractivity contribution in [3.63, 3.8) is 0 Å². The van der Waals surface area contributed by atoms with Gasteiger partial charge in [-0.15, -0.1) is 0 Å². The molecule has 0 aromatic heterocycles. The molecule has 0 aromatic carbocycles. The molecule has 0 unspecified atom stereocenters. The van der Waals surface area contributed by atoms with Crippen LogP contribution in [0.5, 0.6) is 0 Å². The molecule has 0 radical (unpaired) electrons. The third-order valence-corrected chi connectivity index (χ3v) is 3.11. The normalized spacial score (nSPS) is 35.9. The maximum Gasteiger partial charge on any atom is 0.0627 e. The quantitative estimate of drug-likeness (QED) is 0.681. The number of hydrogen-bond donors (Lipinski definition) is 1. The molecule has 0 aliphatic heterocycles. The van der Waals surface area contributed by atoms with Crippen LogP contribution >= 0.6 is 0 Å². The van der Waals surface area contributed by atoms with Crippen LogP contribution in [0.2, 0.25) is 0 Å². The van der Waals surface area contributed by atoms with Crippen LogP contribution in [-0.2, 0) is 0 Å². The van der Waals surface area contributed by atoms with Gasteiger partial charge in [-0.3, -0.25) is 0 Å². The fraction of sp³-hybridized carbons (Fsp3) is 0.900. The summed E-state index contributed by atoms with van der Waals surface area (Å²) in [4.78, 5) is 0. The molecule has 0 atom stereocenters. The summed E-state index contributed by atoms with van der Waals surface area (Å²) in [6, 6.07) is 2.98. The van der Waals surface area contributed by atoms with Gasteiger partial charge >= 0.3 is 0 Å². The lowest BCUT2D eigenvalue weighted by Crippen LogP contribution is -2.34. The van der Waals surface area contributed by atoms with Gasteiger partial charge in [-0.05, 0) is 38.1 Å². The van der Waals surface area contributed by atoms with Crippen molar-refractivity contribution in [2.75, 3.05) is 7.05 Å². The summed E-state index contributed by atoms with van der Waals surface area (Å²) in [7, 11) is 2.03. The minimum atomic E-state index is 0.308. The molecule has 0 saturated heterocycles. The second-order valence-corrected chi connectivity index (χ2v) is 4.21. The first-order valence-electron chi connectivity index (χ1n) is 4.74. The summed E-state index contributed by atoms with van der Waals surface area (Å²) >= 11 is 0. The molecule has 1 saturated carbocycles. The SMILES string of the molecule is CNC1CCC(C)(CC#N)CC1. The van der Waals surface area contributed by atoms with Gasteiger partial charge in [0.15, 0.2) is 0 Å². The smallest absolute Gasteiger partial charge is 0.0627 e. The molecular weight excluding hydrogens is 148 g/mol. The van der Waals surface area contributed by atoms with Crippen LogP contribution in [0.4, 0.5) is 0 Å². The van der Waals surface area contributed by atoms with E-state index in [-0.39, 0.29) is 0 Å². The third kappa shape index (κ3) is 2.22. The Bertz CT molecular complexity index is 173. The lowest BCUT2D eigenvalue weighted by Gasteiger charge is -2.35. The van der Waals surface area contributed by atoms with Crippen molar-refractivity contribution in [1.29, 1.82) is 5.26 Å². The van der Waals surface area contributed by atoms with Crippen molar-refractivity contribution in [2.45, 2.75) is 45.1 Å². The van der Waals surface area contributed by atoms with Crippen LogP contribution in [0.3, 0.4) is 0 Å². The summed E-state index contributed by atoms with van der Waals surface area (Å²) < 4.78 is 0. The topological polar surface area (TPSA) is 35.8 Å². The molecule has 1 N–H and O–H groups in total. The van der Waals surface area contributed by atoms with Gasteiger partial charge in [0.25, 0.3) is 0 Å². The van der Waals surface area contributed by atoms with E-state index in [0.717, 1.165) is 6.42 Å². The van der Waals surface area contributed by atoms with Gasteiger partial charge < -0.3 is 5.32 Å². The van der Waals surface area contributed by atoms with E-state index in [1.807, 2.05) is 7.05 Å². The second kappa shape index (κ2) is 3.91. The van der Waals surface area contributed by atoms with Crippen LogP contribution in [0.25, 0.3) is 0 Å². The van der Waals surface area contributed by atoms with Gasteiger partial charge in [-0.25, -0.2) is 0 Å². The van der Waals surface area contributed by atoms with E-state index >= 15 is 0 Å². The zero-order valence-corrected chi connectivity index (χ0v) is 8.06. The highest BCUT2D eigenvalue weighted by Crippen LogP contribution is 2.38. The Kier molecular flexibility index (Phi) is 3.11. The summed E-state index contributed by atoms with van der Waals surface area (Å²) in [5, 5.41) is 11.9. The van der Waals surface area contributed by atoms with Crippen molar-refractivity contribution in [3.8, 4) is 6.07 Å². The lowest BCUT2D eigenvalue weighted by atomic mass is 9.72. The highest BCUT2D eigenvalue weighted by molar-refractivity contribution is 4.90. The molecule has 0 amide bonds. The molecular formula is C10H18N2. The predicted molar refractivity (Wildman–Crippen MR) is 49.7 cm³/mol. The average molecular weight is 166 g/mol. The Labute approximate surface area is 75.0 Å². The van der Waals surface area contributed by atoms with Gasteiger partial charge in [0.2, 0.25) is 0 Å². The van der Waals surface area contributed by atoms with Gasteiger partial charge in [0.05, 0.1) is 6.07 Å². The van der Waals surface area contributed by atoms with Gasteiger partial charge in [0.1, 0.15) is 0 Å². The minimum absolute atomic E-state index is 0.308. The molecule has 2 nitrogen and oxygen atoms in total. The number of nitrogens with zero attached hydrogens (tertiary/aromatic N) is 1. The zero-order chi connectivity index (χ0) is 9.03. The molecule has 0 spiro atoms. The summed E-state index contributed by atoms with van der Waals surface area (Å²) in [6.45, 7) is 2.24. The first-order valence-corrected chi connectivity index (χ1v) is 4.74. The van der Waals surface area contributed by atoms with E-state index < -0.39 is 0 Å². The van der Waals surface area contributed by atoms with Gasteiger partial charge in [-0.1, -0.05) is 6.92 Å². The summed E-state index contributed by atoms with van der Waals surface area (Å²) in [5.74, 6) is 0. The number of nitriles is 1. The van der Waals surface area contributed by atoms with Gasteiger partial charge in [0, 0.05) is 12.5 Å². The maximum absolute atomic E-state index is 8.64. The monoisotopic (exact) mass is 166 g/mol. The van der Waals surface area contributed by atoms with Crippen LogP contribution in [0.15, 0.2) is 0 Å². The lowest BCUT2D eigenvalue weighted by molar-refractivity contribution is 0.193. The van der Waals surface area contributed by atoms with Crippen molar-refractivity contribution >= 4 is 0 Å². The Hall–Kier alpha value is -0.550. The van der Waals surface area contributed by atoms with Crippen LogP contribution < -0.4 is 5.32 Å². The number of hydrogen-bond acceptors (Lipinski definition) is 2. The summed E-state index contributed by atoms with van der Waals surface area (Å²) in [5.41, 5.74) is 0.308. The Morgan fingerprint density at radius 3 is 2.50 bits per heavy atom. The van der Waals surface area contributed by atoms with E-state index in [4.69, 9.17) is 5.26 Å². The minimum Gasteiger partial charge on any atom is -0.317 e. The largest absolute Gasteiger partial charge is 0.317 e. The van der Waals surface area contributed by atoms with E-state index in [2.05, 4.69) is 18.3 Å². The molecule has 0 heterocycles. The van der Waals surface area contributed by atoms with Crippen molar-refractivity contribution < 1.29 is 0 Å². The molecule has 68 valence electrons. The van der Waals surface area contributed by atoms with Crippen LogP contribution in [0.1, 0.15) is 39.0 Å². The molecule has 0 bridgehead atoms. The number of rotatable bonds is 2. The molecule has 2 heteroatoms. The molecule has 0 aromatic rings. The van der Waals surface area contributed by atoms with Crippen LogP contribution in [-0.4, -0.2) is 13.1 Å². The fourth-order valence-electron chi connectivity index (χ4n) is 1.97. The third-order valence-electron chi connectivity index (χ3n) is 3.11. The Morgan fingerprint density at radius 2 is 2.08 bits per heavy atom. The summed E-state index contributed by atoms with van der Waals surface area (Å²) in [6.07, 6.45) is 5.59. The van der Waals surface area contributed by atoms with Crippen molar-refractivity contribution in [3.05, 3.63) is 0 Å². The van der Waals surface area contributed by atoms with E-state index in [1.54, 1.807) is 0 Å². The molecule has 1 rings (SSSR count). The van der Waals surface area contributed by atoms with Gasteiger partial charge in [-0.2, -0.15) is 5.26 Å². The Balaban J connectivity index is 2.39. The highest BCUT2D eigenvalue weighted by atomic mass is 14.9. The van der Waals surface area contributed by atoms with E-state index in [9.17, 15) is 0 Å². The second-order valence-electron chi connectivity index (χ2n) is 4.21. The zero-order valence-electron chi connectivity index (χ0n) is 8.06. The maximum atomic E-state index is 8.64. The standard InChI is InChI=1S/C10H18N2/c1-10(7-8-11)5-3-9(12-2)4-6-10/h9,12H,3-7H2,1-2H3. The highest BCUT2D eigenvalue weighted by Gasteiger charge is 2.29. The average Bonchev–Trinajstić information content (AvgIpc) is 2.06. The van der Waals surface area contributed by atoms with Crippen molar-refractivity contribution in [1.82, 2.24) is 5.32 Å². The Morgan fingerprint density at radius 1 is 1.50 bits per heavy atom. The predicted octanol–water partition coefficient (Wildman–Crippen LogP) is 2.07. The first-order chi connectivity index (χ1) is 5.70. The van der Waals surface area contributed by atoms with E-state index in [1.165, 1.54) is 25.7 Å². The first kappa shape index (κ1) is 9.54. The fourth-order valence-corrected chi connectivity index (χ4v) is 1.97. The number of nitrogens with one attached hydrogen (secondary N) is 1. The van der Waals surface area contributed by atoms with Crippen LogP contribution in [0, 0.1) is 16.7 Å². The molecule has 1 fully saturated rings. The molecule has 1 aliphatic carbocycles. The molecule has 12 heavy (non-hydrogen) atoms. The molecule has 1 aliphatic rings. The van der Waals surface area contributed by atoms with E-state index in [0.29, 0.717) is 11.5 Å². The van der Waals surface area contributed by atoms with Crippen molar-refractivity contribution in [2.24, 2.45) is 5.41 Å².